The van der Waals surface area contributed by atoms with Crippen LogP contribution in [0, 0.1) is 0 Å². The fourth-order valence-electron chi connectivity index (χ4n) is 2.78. The number of rotatable bonds is 7. The van der Waals surface area contributed by atoms with Crippen LogP contribution in [0.15, 0.2) is 77.3 Å². The summed E-state index contributed by atoms with van der Waals surface area (Å²) in [5, 5.41) is 12.0. The second-order valence-electron chi connectivity index (χ2n) is 5.96. The molecular formula is C21H19N3OS2. The van der Waals surface area contributed by atoms with Gasteiger partial charge in [-0.15, -0.1) is 21.5 Å². The van der Waals surface area contributed by atoms with Crippen LogP contribution in [0.1, 0.15) is 16.3 Å². The Balaban J connectivity index is 1.60. The average Bonchev–Trinajstić information content (AvgIpc) is 3.38. The number of benzene rings is 2. The Morgan fingerprint density at radius 1 is 0.963 bits per heavy atom. The minimum atomic E-state index is 0.780. The first-order valence-corrected chi connectivity index (χ1v) is 10.5. The summed E-state index contributed by atoms with van der Waals surface area (Å²) in [6.45, 7) is 0. The van der Waals surface area contributed by atoms with Crippen molar-refractivity contribution in [2.45, 2.75) is 17.3 Å². The van der Waals surface area contributed by atoms with Crippen LogP contribution < -0.4 is 4.74 Å². The van der Waals surface area contributed by atoms with Gasteiger partial charge in [-0.3, -0.25) is 4.57 Å². The zero-order valence-electron chi connectivity index (χ0n) is 14.9. The van der Waals surface area contributed by atoms with Crippen LogP contribution in [-0.4, -0.2) is 21.9 Å². The predicted octanol–water partition coefficient (Wildman–Crippen LogP) is 5.22. The lowest BCUT2D eigenvalue weighted by Gasteiger charge is -2.10. The normalized spacial score (nSPS) is 10.9. The molecule has 2 aromatic heterocycles. The van der Waals surface area contributed by atoms with Crippen molar-refractivity contribution in [2.75, 3.05) is 7.11 Å². The Morgan fingerprint density at radius 2 is 1.78 bits per heavy atom. The lowest BCUT2D eigenvalue weighted by molar-refractivity contribution is 0.414. The summed E-state index contributed by atoms with van der Waals surface area (Å²) in [6, 6.07) is 22.7. The highest BCUT2D eigenvalue weighted by Crippen LogP contribution is 2.27. The summed E-state index contributed by atoms with van der Waals surface area (Å²) in [7, 11) is 1.68. The quantitative estimate of drug-likeness (QED) is 0.404. The average molecular weight is 394 g/mol. The number of hydrogen-bond donors (Lipinski definition) is 0. The first kappa shape index (κ1) is 17.8. The molecule has 0 N–H and O–H groups in total. The number of methoxy groups -OCH3 is 1. The van der Waals surface area contributed by atoms with Gasteiger partial charge in [0.05, 0.1) is 7.11 Å². The zero-order valence-corrected chi connectivity index (χ0v) is 16.5. The molecule has 27 heavy (non-hydrogen) atoms. The summed E-state index contributed by atoms with van der Waals surface area (Å²) in [6.07, 6.45) is 0.780. The first-order chi connectivity index (χ1) is 13.3. The lowest BCUT2D eigenvalue weighted by atomic mass is 10.2. The van der Waals surface area contributed by atoms with E-state index in [1.165, 1.54) is 10.4 Å². The second-order valence-corrected chi connectivity index (χ2v) is 7.94. The van der Waals surface area contributed by atoms with Crippen molar-refractivity contribution in [3.05, 3.63) is 88.4 Å². The van der Waals surface area contributed by atoms with Gasteiger partial charge >= 0.3 is 0 Å². The minimum Gasteiger partial charge on any atom is -0.497 e. The van der Waals surface area contributed by atoms with Crippen molar-refractivity contribution < 1.29 is 4.74 Å². The van der Waals surface area contributed by atoms with Gasteiger partial charge in [0.2, 0.25) is 0 Å². The molecule has 0 aliphatic heterocycles. The fourth-order valence-corrected chi connectivity index (χ4v) is 4.41. The molecule has 0 fully saturated rings. The number of thioether (sulfide) groups is 1. The van der Waals surface area contributed by atoms with Crippen LogP contribution in [0.2, 0.25) is 0 Å². The predicted molar refractivity (Wildman–Crippen MR) is 111 cm³/mol. The molecule has 0 bridgehead atoms. The molecule has 0 radical (unpaired) electrons. The lowest BCUT2D eigenvalue weighted by Crippen LogP contribution is -2.03. The largest absolute Gasteiger partial charge is 0.497 e. The number of aromatic nitrogens is 3. The van der Waals surface area contributed by atoms with Gasteiger partial charge in [0.1, 0.15) is 11.6 Å². The van der Waals surface area contributed by atoms with E-state index < -0.39 is 0 Å². The molecule has 0 atom stereocenters. The van der Waals surface area contributed by atoms with Crippen LogP contribution in [0.25, 0.3) is 5.69 Å². The Labute approximate surface area is 166 Å². The molecular weight excluding hydrogens is 374 g/mol. The summed E-state index contributed by atoms with van der Waals surface area (Å²) >= 11 is 3.44. The van der Waals surface area contributed by atoms with Crippen molar-refractivity contribution in [1.82, 2.24) is 14.8 Å². The molecule has 4 aromatic rings. The smallest absolute Gasteiger partial charge is 0.196 e. The number of para-hydroxylation sites is 1. The number of thiophene rings is 1. The third-order valence-electron chi connectivity index (χ3n) is 4.15. The molecule has 0 spiro atoms. The van der Waals surface area contributed by atoms with Crippen molar-refractivity contribution in [3.8, 4) is 11.4 Å². The number of nitrogens with zero attached hydrogens (tertiary/aromatic N) is 3. The molecule has 0 aliphatic rings. The van der Waals surface area contributed by atoms with E-state index in [0.717, 1.165) is 34.6 Å². The number of ether oxygens (including phenoxy) is 1. The van der Waals surface area contributed by atoms with E-state index in [1.54, 1.807) is 30.2 Å². The molecule has 2 aromatic carbocycles. The van der Waals surface area contributed by atoms with E-state index in [4.69, 9.17) is 4.74 Å². The molecule has 0 unspecified atom stereocenters. The molecule has 4 rings (SSSR count). The van der Waals surface area contributed by atoms with Gasteiger partial charge in [-0.1, -0.05) is 48.2 Å². The van der Waals surface area contributed by atoms with Gasteiger partial charge < -0.3 is 4.74 Å². The topological polar surface area (TPSA) is 39.9 Å². The first-order valence-electron chi connectivity index (χ1n) is 8.61. The highest BCUT2D eigenvalue weighted by molar-refractivity contribution is 7.98. The van der Waals surface area contributed by atoms with Crippen LogP contribution in [0.5, 0.6) is 5.75 Å². The third-order valence-corrected chi connectivity index (χ3v) is 6.03. The highest BCUT2D eigenvalue weighted by atomic mass is 32.2. The van der Waals surface area contributed by atoms with Crippen LogP contribution in [0.4, 0.5) is 0 Å². The number of hydrogen-bond acceptors (Lipinski definition) is 5. The maximum Gasteiger partial charge on any atom is 0.196 e. The monoisotopic (exact) mass is 393 g/mol. The van der Waals surface area contributed by atoms with E-state index in [1.807, 2.05) is 30.3 Å². The molecule has 2 heterocycles. The third kappa shape index (κ3) is 4.23. The van der Waals surface area contributed by atoms with Gasteiger partial charge in [-0.2, -0.15) is 0 Å². The standard InChI is InChI=1S/C21H19N3OS2/c1-25-18-11-9-16(10-12-18)15-27-21-23-22-20(14-19-8-5-13-26-19)24(21)17-6-3-2-4-7-17/h2-13H,14-15H2,1H3. The fraction of sp³-hybridized carbons (Fsp3) is 0.143. The maximum atomic E-state index is 5.23. The van der Waals surface area contributed by atoms with Gasteiger partial charge in [0.15, 0.2) is 5.16 Å². The molecule has 0 aliphatic carbocycles. The van der Waals surface area contributed by atoms with Crippen LogP contribution >= 0.6 is 23.1 Å². The van der Waals surface area contributed by atoms with E-state index in [9.17, 15) is 0 Å². The molecule has 0 saturated heterocycles. The van der Waals surface area contributed by atoms with E-state index in [-0.39, 0.29) is 0 Å². The van der Waals surface area contributed by atoms with E-state index >= 15 is 0 Å². The van der Waals surface area contributed by atoms with Gasteiger partial charge in [0.25, 0.3) is 0 Å². The Bertz CT molecular complexity index is 980. The molecule has 0 amide bonds. The SMILES string of the molecule is COc1ccc(CSc2nnc(Cc3cccs3)n2-c2ccccc2)cc1. The molecule has 136 valence electrons. The van der Waals surface area contributed by atoms with Crippen LogP contribution in [-0.2, 0) is 12.2 Å². The summed E-state index contributed by atoms with van der Waals surface area (Å²) in [5.41, 5.74) is 2.31. The van der Waals surface area contributed by atoms with Crippen molar-refractivity contribution in [3.63, 3.8) is 0 Å². The summed E-state index contributed by atoms with van der Waals surface area (Å²) < 4.78 is 7.39. The second kappa shape index (κ2) is 8.41. The Hall–Kier alpha value is -2.57. The maximum absolute atomic E-state index is 5.23. The minimum absolute atomic E-state index is 0.780. The van der Waals surface area contributed by atoms with Crippen molar-refractivity contribution >= 4 is 23.1 Å². The zero-order chi connectivity index (χ0) is 18.5. The van der Waals surface area contributed by atoms with Crippen molar-refractivity contribution in [2.24, 2.45) is 0 Å². The molecule has 4 nitrogen and oxygen atoms in total. The van der Waals surface area contributed by atoms with Gasteiger partial charge in [-0.05, 0) is 41.3 Å². The van der Waals surface area contributed by atoms with Gasteiger partial charge in [-0.25, -0.2) is 0 Å². The van der Waals surface area contributed by atoms with E-state index in [2.05, 4.69) is 56.5 Å². The van der Waals surface area contributed by atoms with Gasteiger partial charge in [0, 0.05) is 22.7 Å². The van der Waals surface area contributed by atoms with Crippen LogP contribution in [0.3, 0.4) is 0 Å². The summed E-state index contributed by atoms with van der Waals surface area (Å²) in [4.78, 5) is 1.28. The van der Waals surface area contributed by atoms with Crippen molar-refractivity contribution in [1.29, 1.82) is 0 Å². The Kier molecular flexibility index (Phi) is 5.55. The Morgan fingerprint density at radius 3 is 2.48 bits per heavy atom. The van der Waals surface area contributed by atoms with E-state index in [0.29, 0.717) is 0 Å². The molecule has 6 heteroatoms. The molecule has 0 saturated carbocycles. The summed E-state index contributed by atoms with van der Waals surface area (Å²) in [5.74, 6) is 2.66. The highest BCUT2D eigenvalue weighted by Gasteiger charge is 2.15.